The Balaban J connectivity index is 1.94. The number of nitrogens with one attached hydrogen (secondary N) is 2. The smallest absolute Gasteiger partial charge is 0.238 e. The fourth-order valence-corrected chi connectivity index (χ4v) is 2.88. The highest BCUT2D eigenvalue weighted by molar-refractivity contribution is 7.99. The number of rotatable bonds is 7. The Kier molecular flexibility index (Phi) is 6.92. The number of carbonyl (C=O) groups is 1. The van der Waals surface area contributed by atoms with Gasteiger partial charge in [0.25, 0.3) is 0 Å². The van der Waals surface area contributed by atoms with E-state index in [0.717, 1.165) is 11.0 Å². The van der Waals surface area contributed by atoms with Crippen LogP contribution >= 0.6 is 11.8 Å². The molecule has 4 nitrogen and oxygen atoms in total. The zero-order chi connectivity index (χ0) is 18.2. The zero-order valence-corrected chi connectivity index (χ0v) is 14.4. The van der Waals surface area contributed by atoms with E-state index < -0.39 is 17.7 Å². The third kappa shape index (κ3) is 5.55. The van der Waals surface area contributed by atoms with Gasteiger partial charge in [-0.05, 0) is 25.1 Å². The molecule has 2 aromatic carbocycles. The van der Waals surface area contributed by atoms with Crippen molar-refractivity contribution in [2.75, 3.05) is 17.6 Å². The molecular weight excluding hydrogens is 344 g/mol. The quantitative estimate of drug-likeness (QED) is 0.735. The van der Waals surface area contributed by atoms with Crippen LogP contribution in [0.4, 0.5) is 14.5 Å². The summed E-state index contributed by atoms with van der Waals surface area (Å²) in [4.78, 5) is 12.9. The lowest BCUT2D eigenvalue weighted by Gasteiger charge is -2.15. The molecule has 0 aliphatic carbocycles. The van der Waals surface area contributed by atoms with Gasteiger partial charge in [0.05, 0.1) is 24.1 Å². The van der Waals surface area contributed by atoms with E-state index in [4.69, 9.17) is 5.26 Å². The summed E-state index contributed by atoms with van der Waals surface area (Å²) in [6, 6.07) is 12.1. The van der Waals surface area contributed by atoms with Gasteiger partial charge in [-0.25, -0.2) is 8.78 Å². The largest absolute Gasteiger partial charge is 0.324 e. The van der Waals surface area contributed by atoms with Crippen molar-refractivity contribution in [2.45, 2.75) is 17.9 Å². The molecule has 0 aliphatic rings. The first kappa shape index (κ1) is 18.9. The molecule has 1 amide bonds. The second-order valence-corrected chi connectivity index (χ2v) is 6.28. The molecule has 7 heteroatoms. The summed E-state index contributed by atoms with van der Waals surface area (Å²) >= 11 is 1.33. The monoisotopic (exact) mass is 361 g/mol. The van der Waals surface area contributed by atoms with Crippen LogP contribution < -0.4 is 10.6 Å². The number of hydrogen-bond donors (Lipinski definition) is 2. The fraction of sp³-hybridized carbons (Fsp3) is 0.222. The van der Waals surface area contributed by atoms with E-state index in [1.54, 1.807) is 19.1 Å². The fourth-order valence-electron chi connectivity index (χ4n) is 2.21. The maximum absolute atomic E-state index is 13.7. The molecule has 0 aliphatic heterocycles. The summed E-state index contributed by atoms with van der Waals surface area (Å²) < 4.78 is 26.7. The molecule has 25 heavy (non-hydrogen) atoms. The van der Waals surface area contributed by atoms with Crippen LogP contribution in [-0.4, -0.2) is 18.2 Å². The van der Waals surface area contributed by atoms with Crippen molar-refractivity contribution in [3.63, 3.8) is 0 Å². The molecule has 2 aromatic rings. The molecule has 0 saturated heterocycles. The summed E-state index contributed by atoms with van der Waals surface area (Å²) in [5.74, 6) is -1.30. The van der Waals surface area contributed by atoms with Gasteiger partial charge in [-0.15, -0.1) is 11.8 Å². The Morgan fingerprint density at radius 1 is 1.28 bits per heavy atom. The van der Waals surface area contributed by atoms with Crippen LogP contribution in [0.15, 0.2) is 47.4 Å². The predicted octanol–water partition coefficient (Wildman–Crippen LogP) is 3.87. The molecule has 1 atom stereocenters. The second-order valence-electron chi connectivity index (χ2n) is 5.26. The van der Waals surface area contributed by atoms with Gasteiger partial charge in [-0.1, -0.05) is 18.2 Å². The summed E-state index contributed by atoms with van der Waals surface area (Å²) in [6.45, 7) is 1.66. The van der Waals surface area contributed by atoms with Crippen molar-refractivity contribution in [3.05, 3.63) is 59.7 Å². The maximum Gasteiger partial charge on any atom is 0.238 e. The SMILES string of the molecule is C[C@@H](NCC(=O)Nc1ccccc1SCC#N)c1ccc(F)cc1F. The Bertz CT molecular complexity index is 792. The van der Waals surface area contributed by atoms with E-state index in [1.165, 1.54) is 23.9 Å². The average Bonchev–Trinajstić information content (AvgIpc) is 2.59. The maximum atomic E-state index is 13.7. The molecule has 0 spiro atoms. The summed E-state index contributed by atoms with van der Waals surface area (Å²) in [7, 11) is 0. The Labute approximate surface area is 149 Å². The third-order valence-electron chi connectivity index (χ3n) is 3.45. The van der Waals surface area contributed by atoms with Gasteiger partial charge in [0.2, 0.25) is 5.91 Å². The van der Waals surface area contributed by atoms with E-state index in [2.05, 4.69) is 10.6 Å². The highest BCUT2D eigenvalue weighted by Gasteiger charge is 2.13. The molecule has 2 rings (SSSR count). The normalized spacial score (nSPS) is 11.6. The van der Waals surface area contributed by atoms with Gasteiger partial charge < -0.3 is 10.6 Å². The number of benzene rings is 2. The molecule has 0 aromatic heterocycles. The minimum absolute atomic E-state index is 0.0325. The summed E-state index contributed by atoms with van der Waals surface area (Å²) in [5.41, 5.74) is 0.911. The average molecular weight is 361 g/mol. The highest BCUT2D eigenvalue weighted by Crippen LogP contribution is 2.26. The van der Waals surface area contributed by atoms with Gasteiger partial charge in [0.15, 0.2) is 0 Å². The van der Waals surface area contributed by atoms with Crippen LogP contribution in [0.25, 0.3) is 0 Å². The minimum Gasteiger partial charge on any atom is -0.324 e. The summed E-state index contributed by atoms with van der Waals surface area (Å²) in [5, 5.41) is 14.3. The van der Waals surface area contributed by atoms with Gasteiger partial charge in [-0.2, -0.15) is 5.26 Å². The van der Waals surface area contributed by atoms with E-state index in [9.17, 15) is 13.6 Å². The standard InChI is InChI=1S/C18H17F2N3OS/c1-12(14-7-6-13(19)10-15(14)20)22-11-18(24)23-16-4-2-3-5-17(16)25-9-8-21/h2-7,10,12,22H,9,11H2,1H3,(H,23,24)/t12-/m1/s1. The molecular formula is C18H17F2N3OS. The van der Waals surface area contributed by atoms with Gasteiger partial charge in [-0.3, -0.25) is 4.79 Å². The lowest BCUT2D eigenvalue weighted by atomic mass is 10.1. The Morgan fingerprint density at radius 2 is 2.04 bits per heavy atom. The highest BCUT2D eigenvalue weighted by atomic mass is 32.2. The van der Waals surface area contributed by atoms with E-state index >= 15 is 0 Å². The lowest BCUT2D eigenvalue weighted by Crippen LogP contribution is -2.30. The van der Waals surface area contributed by atoms with Crippen LogP contribution in [0, 0.1) is 23.0 Å². The van der Waals surface area contributed by atoms with Crippen molar-refractivity contribution in [3.8, 4) is 6.07 Å². The van der Waals surface area contributed by atoms with Gasteiger partial charge in [0, 0.05) is 22.6 Å². The number of amides is 1. The van der Waals surface area contributed by atoms with Crippen LogP contribution in [0.3, 0.4) is 0 Å². The molecule has 0 unspecified atom stereocenters. The molecule has 0 radical (unpaired) electrons. The van der Waals surface area contributed by atoms with Crippen molar-refractivity contribution < 1.29 is 13.6 Å². The third-order valence-corrected chi connectivity index (χ3v) is 4.39. The van der Waals surface area contributed by atoms with E-state index in [0.29, 0.717) is 11.3 Å². The predicted molar refractivity (Wildman–Crippen MR) is 94.2 cm³/mol. The van der Waals surface area contributed by atoms with E-state index in [-0.39, 0.29) is 18.2 Å². The number of carbonyl (C=O) groups excluding carboxylic acids is 1. The van der Waals surface area contributed by atoms with Crippen molar-refractivity contribution in [1.82, 2.24) is 5.32 Å². The van der Waals surface area contributed by atoms with Gasteiger partial charge in [0.1, 0.15) is 11.6 Å². The summed E-state index contributed by atoms with van der Waals surface area (Å²) in [6.07, 6.45) is 0. The number of thioether (sulfide) groups is 1. The zero-order valence-electron chi connectivity index (χ0n) is 13.6. The number of halogens is 2. The molecule has 130 valence electrons. The first-order chi connectivity index (χ1) is 12.0. The van der Waals surface area contributed by atoms with Crippen LogP contribution in [0.5, 0.6) is 0 Å². The molecule has 0 bridgehead atoms. The van der Waals surface area contributed by atoms with Crippen LogP contribution in [0.1, 0.15) is 18.5 Å². The Hall–Kier alpha value is -2.43. The molecule has 0 saturated carbocycles. The lowest BCUT2D eigenvalue weighted by molar-refractivity contribution is -0.115. The molecule has 0 fully saturated rings. The number of hydrogen-bond acceptors (Lipinski definition) is 4. The van der Waals surface area contributed by atoms with Crippen molar-refractivity contribution in [1.29, 1.82) is 5.26 Å². The first-order valence-corrected chi connectivity index (χ1v) is 8.56. The molecule has 2 N–H and O–H groups in total. The number of anilines is 1. The molecule has 0 heterocycles. The number of nitrogens with zero attached hydrogens (tertiary/aromatic N) is 1. The van der Waals surface area contributed by atoms with Crippen LogP contribution in [-0.2, 0) is 4.79 Å². The van der Waals surface area contributed by atoms with Gasteiger partial charge >= 0.3 is 0 Å². The van der Waals surface area contributed by atoms with Crippen molar-refractivity contribution in [2.24, 2.45) is 0 Å². The topological polar surface area (TPSA) is 64.9 Å². The Morgan fingerprint density at radius 3 is 2.76 bits per heavy atom. The van der Waals surface area contributed by atoms with Crippen molar-refractivity contribution >= 4 is 23.4 Å². The van der Waals surface area contributed by atoms with E-state index in [1.807, 2.05) is 18.2 Å². The minimum atomic E-state index is -0.654. The number of para-hydroxylation sites is 1. The second kappa shape index (κ2) is 9.16. The van der Waals surface area contributed by atoms with Crippen LogP contribution in [0.2, 0.25) is 0 Å². The number of nitriles is 1. The first-order valence-electron chi connectivity index (χ1n) is 7.58.